The fourth-order valence-corrected chi connectivity index (χ4v) is 10.1. The maximum atomic E-state index is 13.4. The Bertz CT molecular complexity index is 1290. The molecule has 2 saturated carbocycles. The van der Waals surface area contributed by atoms with E-state index in [-0.39, 0.29) is 45.2 Å². The number of Topliss-reactive ketones (excluding diaryl/α,β-unsaturated/α-hetero) is 1. The summed E-state index contributed by atoms with van der Waals surface area (Å²) in [5, 5.41) is 9.99. The van der Waals surface area contributed by atoms with E-state index in [4.69, 9.17) is 4.74 Å². The van der Waals surface area contributed by atoms with E-state index in [0.717, 1.165) is 50.5 Å². The van der Waals surface area contributed by atoms with Crippen molar-refractivity contribution in [3.05, 3.63) is 23.3 Å². The molecular weight excluding hydrogens is 560 g/mol. The summed E-state index contributed by atoms with van der Waals surface area (Å²) in [6, 6.07) is 2.20. The molecule has 1 aliphatic heterocycles. The molecule has 0 aromatic heterocycles. The third kappa shape index (κ3) is 6.50. The first kappa shape index (κ1) is 35.6. The lowest BCUT2D eigenvalue weighted by Crippen LogP contribution is -2.56. The van der Waals surface area contributed by atoms with Crippen molar-refractivity contribution in [2.45, 2.75) is 127 Å². The quantitative estimate of drug-likeness (QED) is 0.255. The number of nitriles is 1. The number of morpholine rings is 1. The van der Waals surface area contributed by atoms with E-state index in [1.54, 1.807) is 6.92 Å². The smallest absolute Gasteiger partial charge is 0.222 e. The van der Waals surface area contributed by atoms with E-state index in [0.29, 0.717) is 44.1 Å². The molecule has 0 bridgehead atoms. The van der Waals surface area contributed by atoms with E-state index >= 15 is 0 Å². The van der Waals surface area contributed by atoms with Crippen LogP contribution in [0.3, 0.4) is 0 Å². The van der Waals surface area contributed by atoms with Crippen LogP contribution in [0.4, 0.5) is 0 Å². The molecule has 4 aliphatic rings. The van der Waals surface area contributed by atoms with Crippen molar-refractivity contribution >= 4 is 17.5 Å². The molecule has 0 spiro atoms. The van der Waals surface area contributed by atoms with Crippen molar-refractivity contribution in [2.75, 3.05) is 26.3 Å². The molecular formula is C39H60N2O4. The molecule has 1 unspecified atom stereocenters. The minimum atomic E-state index is -0.683. The standard InChI is InChI=1S/C39H60N2O4/c1-27-24-34(3,4)15-17-39(27,14-12-32(43)41-19-21-45-22-20-41)18-16-35(5,6)38(10)13-11-30-36(7,8)33(44)29(26-40)25-37(30,9)31(38)23-28(2)42/h23,25,27,30H,11-22,24H2,1-10H3/b31-23-/t27?,30-,37-,38+,39+/m0/s1. The highest BCUT2D eigenvalue weighted by Crippen LogP contribution is 2.67. The molecule has 1 amide bonds. The molecule has 45 heavy (non-hydrogen) atoms. The van der Waals surface area contributed by atoms with Crippen molar-refractivity contribution in [1.82, 2.24) is 4.90 Å². The lowest BCUT2D eigenvalue weighted by Gasteiger charge is -2.61. The topological polar surface area (TPSA) is 87.5 Å². The van der Waals surface area contributed by atoms with E-state index in [9.17, 15) is 19.6 Å². The molecule has 6 nitrogen and oxygen atoms in total. The molecule has 1 saturated heterocycles. The van der Waals surface area contributed by atoms with Crippen LogP contribution in [-0.4, -0.2) is 48.7 Å². The predicted molar refractivity (Wildman–Crippen MR) is 179 cm³/mol. The number of rotatable bonds is 8. The number of allylic oxidation sites excluding steroid dienone is 4. The van der Waals surface area contributed by atoms with Gasteiger partial charge in [-0.05, 0) is 97.9 Å². The highest BCUT2D eigenvalue weighted by molar-refractivity contribution is 6.04. The summed E-state index contributed by atoms with van der Waals surface area (Å²) in [6.07, 6.45) is 12.5. The van der Waals surface area contributed by atoms with Crippen LogP contribution < -0.4 is 0 Å². The third-order valence-electron chi connectivity index (χ3n) is 13.6. The van der Waals surface area contributed by atoms with Gasteiger partial charge in [0.05, 0.1) is 18.8 Å². The number of hydrogen-bond acceptors (Lipinski definition) is 5. The second-order valence-corrected chi connectivity index (χ2v) is 17.6. The number of ketones is 2. The zero-order valence-electron chi connectivity index (χ0n) is 30.0. The lowest BCUT2D eigenvalue weighted by atomic mass is 9.42. The van der Waals surface area contributed by atoms with Gasteiger partial charge in [0.15, 0.2) is 11.6 Å². The van der Waals surface area contributed by atoms with Crippen molar-refractivity contribution in [3.8, 4) is 6.07 Å². The van der Waals surface area contributed by atoms with Gasteiger partial charge in [-0.2, -0.15) is 5.26 Å². The van der Waals surface area contributed by atoms with Crippen LogP contribution in [0.2, 0.25) is 0 Å². The van der Waals surface area contributed by atoms with Gasteiger partial charge in [0.25, 0.3) is 0 Å². The number of amides is 1. The Hall–Kier alpha value is -2.26. The van der Waals surface area contributed by atoms with E-state index < -0.39 is 10.8 Å². The Labute approximate surface area is 273 Å². The predicted octanol–water partition coefficient (Wildman–Crippen LogP) is 8.26. The molecule has 6 heteroatoms. The molecule has 0 aromatic carbocycles. The van der Waals surface area contributed by atoms with Gasteiger partial charge in [-0.25, -0.2) is 0 Å². The van der Waals surface area contributed by atoms with Gasteiger partial charge in [-0.1, -0.05) is 74.0 Å². The number of ether oxygens (including phenoxy) is 1. The number of hydrogen-bond donors (Lipinski definition) is 0. The summed E-state index contributed by atoms with van der Waals surface area (Å²) < 4.78 is 5.49. The fraction of sp³-hybridized carbons (Fsp3) is 0.795. The second-order valence-electron chi connectivity index (χ2n) is 17.6. The maximum absolute atomic E-state index is 13.4. The molecule has 3 aliphatic carbocycles. The maximum Gasteiger partial charge on any atom is 0.222 e. The van der Waals surface area contributed by atoms with E-state index in [2.05, 4.69) is 54.5 Å². The van der Waals surface area contributed by atoms with Gasteiger partial charge in [0.1, 0.15) is 6.07 Å². The number of carbonyl (C=O) groups is 3. The van der Waals surface area contributed by atoms with E-state index in [1.165, 1.54) is 6.42 Å². The van der Waals surface area contributed by atoms with Crippen LogP contribution in [0, 0.1) is 55.7 Å². The van der Waals surface area contributed by atoms with Crippen LogP contribution in [-0.2, 0) is 19.1 Å². The minimum Gasteiger partial charge on any atom is -0.378 e. The van der Waals surface area contributed by atoms with Crippen molar-refractivity contribution in [1.29, 1.82) is 5.26 Å². The zero-order valence-corrected chi connectivity index (χ0v) is 30.0. The SMILES string of the molecule is CC(=O)/C=C1/[C@@]2(C)C=C(C#N)C(=O)C(C)(C)[C@@H]2CC[C@@]1(C)C(C)(C)CC[C@@]1(CCC(=O)N2CCOCC2)CCC(C)(C)CC1C. The summed E-state index contributed by atoms with van der Waals surface area (Å²) >= 11 is 0. The third-order valence-corrected chi connectivity index (χ3v) is 13.6. The highest BCUT2D eigenvalue weighted by atomic mass is 16.5. The Morgan fingerprint density at radius 3 is 2.29 bits per heavy atom. The monoisotopic (exact) mass is 620 g/mol. The van der Waals surface area contributed by atoms with Gasteiger partial charge in [-0.3, -0.25) is 14.4 Å². The average molecular weight is 621 g/mol. The summed E-state index contributed by atoms with van der Waals surface area (Å²) in [4.78, 5) is 41.6. The zero-order chi connectivity index (χ0) is 33.6. The Balaban J connectivity index is 1.67. The lowest BCUT2D eigenvalue weighted by molar-refractivity contribution is -0.136. The highest BCUT2D eigenvalue weighted by Gasteiger charge is 2.61. The summed E-state index contributed by atoms with van der Waals surface area (Å²) in [7, 11) is 0. The first-order valence-electron chi connectivity index (χ1n) is 17.5. The Morgan fingerprint density at radius 2 is 1.71 bits per heavy atom. The molecule has 0 aromatic rings. The van der Waals surface area contributed by atoms with Crippen molar-refractivity contribution < 1.29 is 19.1 Å². The molecule has 250 valence electrons. The van der Waals surface area contributed by atoms with Crippen LogP contribution in [0.15, 0.2) is 23.3 Å². The molecule has 5 atom stereocenters. The molecule has 0 N–H and O–H groups in total. The number of nitrogens with zero attached hydrogens (tertiary/aromatic N) is 2. The molecule has 3 fully saturated rings. The Morgan fingerprint density at radius 1 is 1.07 bits per heavy atom. The van der Waals surface area contributed by atoms with Crippen molar-refractivity contribution in [2.24, 2.45) is 44.3 Å². The summed E-state index contributed by atoms with van der Waals surface area (Å²) in [5.41, 5.74) is -0.0330. The van der Waals surface area contributed by atoms with Gasteiger partial charge >= 0.3 is 0 Å². The fourth-order valence-electron chi connectivity index (χ4n) is 10.1. The van der Waals surface area contributed by atoms with Gasteiger partial charge in [-0.15, -0.1) is 0 Å². The number of fused-ring (bicyclic) bond motifs is 1. The van der Waals surface area contributed by atoms with E-state index in [1.807, 2.05) is 30.9 Å². The second kappa shape index (κ2) is 12.4. The van der Waals surface area contributed by atoms with Crippen LogP contribution in [0.5, 0.6) is 0 Å². The molecule has 1 heterocycles. The van der Waals surface area contributed by atoms with Crippen LogP contribution in [0.25, 0.3) is 0 Å². The largest absolute Gasteiger partial charge is 0.378 e. The average Bonchev–Trinajstić information content (AvgIpc) is 2.96. The van der Waals surface area contributed by atoms with Crippen molar-refractivity contribution in [3.63, 3.8) is 0 Å². The Kier molecular flexibility index (Phi) is 9.81. The van der Waals surface area contributed by atoms with Crippen LogP contribution in [0.1, 0.15) is 127 Å². The minimum absolute atomic E-state index is 0.0109. The normalized spacial score (nSPS) is 35.8. The van der Waals surface area contributed by atoms with Crippen LogP contribution >= 0.6 is 0 Å². The van der Waals surface area contributed by atoms with Gasteiger partial charge < -0.3 is 9.64 Å². The first-order valence-corrected chi connectivity index (χ1v) is 17.5. The molecule has 4 rings (SSSR count). The molecule has 0 radical (unpaired) electrons. The van der Waals surface area contributed by atoms with Gasteiger partial charge in [0.2, 0.25) is 5.91 Å². The summed E-state index contributed by atoms with van der Waals surface area (Å²) in [5.74, 6) is 0.710. The number of carbonyl (C=O) groups excluding carboxylic acids is 3. The first-order chi connectivity index (χ1) is 20.7. The van der Waals surface area contributed by atoms with Gasteiger partial charge in [0, 0.05) is 30.3 Å². The summed E-state index contributed by atoms with van der Waals surface area (Å²) in [6.45, 7) is 24.6.